The second-order valence-electron chi connectivity index (χ2n) is 5.33. The van der Waals surface area contributed by atoms with Crippen molar-refractivity contribution in [3.8, 4) is 5.75 Å². The second kappa shape index (κ2) is 8.05. The number of nitrogens with zero attached hydrogens (tertiary/aromatic N) is 2. The third kappa shape index (κ3) is 5.31. The minimum Gasteiger partial charge on any atom is -0.490 e. The normalized spacial score (nSPS) is 16.6. The number of hydrogen-bond donors (Lipinski definition) is 1. The molecule has 1 N–H and O–H groups in total. The van der Waals surface area contributed by atoms with Crippen LogP contribution in [0.1, 0.15) is 25.8 Å². The summed E-state index contributed by atoms with van der Waals surface area (Å²) in [6, 6.07) is 2.37. The van der Waals surface area contributed by atoms with Crippen LogP contribution in [0.5, 0.6) is 5.75 Å². The summed E-state index contributed by atoms with van der Waals surface area (Å²) in [5.41, 5.74) is 0.321. The number of thioether (sulfide) groups is 1. The van der Waals surface area contributed by atoms with E-state index in [1.165, 1.54) is 24.0 Å². The molecule has 5 nitrogen and oxygen atoms in total. The molecule has 0 radical (unpaired) electrons. The largest absolute Gasteiger partial charge is 0.490 e. The summed E-state index contributed by atoms with van der Waals surface area (Å²) in [5.74, 6) is -1.61. The number of nitrogens with one attached hydrogen (secondary N) is 1. The molecule has 0 aliphatic carbocycles. The van der Waals surface area contributed by atoms with Gasteiger partial charge >= 0.3 is 0 Å². The number of ether oxygens (including phenoxy) is 1. The van der Waals surface area contributed by atoms with Gasteiger partial charge in [0.1, 0.15) is 0 Å². The lowest BCUT2D eigenvalue weighted by atomic mass is 10.1. The molecule has 1 fully saturated rings. The van der Waals surface area contributed by atoms with Crippen molar-refractivity contribution in [2.24, 2.45) is 16.1 Å². The maximum atomic E-state index is 13.7. The lowest BCUT2D eigenvalue weighted by Crippen LogP contribution is -2.19. The van der Waals surface area contributed by atoms with E-state index in [1.54, 1.807) is 0 Å². The summed E-state index contributed by atoms with van der Waals surface area (Å²) in [6.45, 7) is 4.34. The van der Waals surface area contributed by atoms with Gasteiger partial charge in [0.15, 0.2) is 16.7 Å². The minimum atomic E-state index is -1.02. The molecule has 1 aliphatic rings. The molecule has 0 spiro atoms. The van der Waals surface area contributed by atoms with E-state index in [4.69, 9.17) is 4.74 Å². The van der Waals surface area contributed by atoms with Gasteiger partial charge in [-0.05, 0) is 24.5 Å². The molecule has 0 aromatic heterocycles. The molecule has 1 aliphatic heterocycles. The molecule has 8 heteroatoms. The van der Waals surface area contributed by atoms with E-state index in [0.29, 0.717) is 29.0 Å². The zero-order valence-electron chi connectivity index (χ0n) is 12.8. The first kappa shape index (κ1) is 17.4. The number of carbonyl (C=O) groups is 1. The number of amidine groups is 1. The maximum absolute atomic E-state index is 13.7. The maximum Gasteiger partial charge on any atom is 0.236 e. The van der Waals surface area contributed by atoms with Gasteiger partial charge in [-0.2, -0.15) is 9.49 Å². The van der Waals surface area contributed by atoms with Crippen molar-refractivity contribution >= 4 is 29.1 Å². The Bertz CT molecular complexity index is 648. The van der Waals surface area contributed by atoms with Gasteiger partial charge in [-0.3, -0.25) is 4.79 Å². The van der Waals surface area contributed by atoms with Crippen LogP contribution in [0.2, 0.25) is 0 Å². The van der Waals surface area contributed by atoms with E-state index < -0.39 is 11.6 Å². The summed E-state index contributed by atoms with van der Waals surface area (Å²) in [4.78, 5) is 11.0. The van der Waals surface area contributed by atoms with Crippen molar-refractivity contribution in [3.63, 3.8) is 0 Å². The Labute approximate surface area is 137 Å². The van der Waals surface area contributed by atoms with Gasteiger partial charge in [0, 0.05) is 5.56 Å². The highest BCUT2D eigenvalue weighted by atomic mass is 32.2. The molecule has 124 valence electrons. The fourth-order valence-electron chi connectivity index (χ4n) is 1.70. The van der Waals surface area contributed by atoms with Crippen LogP contribution in [0.15, 0.2) is 22.3 Å². The number of halogens is 2. The molecular formula is C15H17F2N3O2S. The predicted molar refractivity (Wildman–Crippen MR) is 86.9 cm³/mol. The highest BCUT2D eigenvalue weighted by Gasteiger charge is 2.16. The van der Waals surface area contributed by atoms with E-state index in [9.17, 15) is 13.6 Å². The van der Waals surface area contributed by atoms with Gasteiger partial charge in [0.2, 0.25) is 11.7 Å². The summed E-state index contributed by atoms with van der Waals surface area (Å²) >= 11 is 1.22. The molecule has 1 aromatic rings. The smallest absolute Gasteiger partial charge is 0.236 e. The van der Waals surface area contributed by atoms with Crippen LogP contribution in [-0.4, -0.2) is 29.6 Å². The number of benzene rings is 1. The molecule has 1 aromatic carbocycles. The number of carbonyl (C=O) groups excluding carboxylic acids is 1. The number of rotatable bonds is 6. The predicted octanol–water partition coefficient (Wildman–Crippen LogP) is 2.94. The van der Waals surface area contributed by atoms with Crippen molar-refractivity contribution < 1.29 is 18.3 Å². The Morgan fingerprint density at radius 3 is 2.87 bits per heavy atom. The van der Waals surface area contributed by atoms with Gasteiger partial charge in [0.05, 0.1) is 18.6 Å². The SMILES string of the molecule is CC(C)CCOc1cc(C=NN=C2NC(=O)CS2)cc(F)c1F. The summed E-state index contributed by atoms with van der Waals surface area (Å²) in [7, 11) is 0. The fourth-order valence-corrected chi connectivity index (χ4v) is 2.33. The van der Waals surface area contributed by atoms with Crippen molar-refractivity contribution in [2.45, 2.75) is 20.3 Å². The summed E-state index contributed by atoms with van der Waals surface area (Å²) in [6.07, 6.45) is 2.01. The average molecular weight is 341 g/mol. The van der Waals surface area contributed by atoms with Gasteiger partial charge in [-0.15, -0.1) is 5.10 Å². The molecule has 0 atom stereocenters. The highest BCUT2D eigenvalue weighted by Crippen LogP contribution is 2.22. The first-order chi connectivity index (χ1) is 11.0. The van der Waals surface area contributed by atoms with Crippen LogP contribution < -0.4 is 10.1 Å². The van der Waals surface area contributed by atoms with Crippen LogP contribution in [0.25, 0.3) is 0 Å². The Kier molecular flexibility index (Phi) is 6.09. The Hall–Kier alpha value is -1.96. The summed E-state index contributed by atoms with van der Waals surface area (Å²) < 4.78 is 32.6. The monoisotopic (exact) mass is 341 g/mol. The number of hydrogen-bond acceptors (Lipinski definition) is 5. The quantitative estimate of drug-likeness (QED) is 0.639. The number of amides is 1. The van der Waals surface area contributed by atoms with Gasteiger partial charge in [-0.25, -0.2) is 4.39 Å². The first-order valence-corrected chi connectivity index (χ1v) is 8.09. The summed E-state index contributed by atoms with van der Waals surface area (Å²) in [5, 5.41) is 10.4. The van der Waals surface area contributed by atoms with E-state index in [1.807, 2.05) is 13.8 Å². The molecule has 1 saturated heterocycles. The van der Waals surface area contributed by atoms with Crippen molar-refractivity contribution in [3.05, 3.63) is 29.3 Å². The molecule has 23 heavy (non-hydrogen) atoms. The standard InChI is InChI=1S/C15H17F2N3O2S/c1-9(2)3-4-22-12-6-10(5-11(16)14(12)17)7-18-20-15-19-13(21)8-23-15/h5-7,9H,3-4,8H2,1-2H3,(H,19,20,21). The van der Waals surface area contributed by atoms with Gasteiger partial charge < -0.3 is 10.1 Å². The van der Waals surface area contributed by atoms with E-state index >= 15 is 0 Å². The Morgan fingerprint density at radius 1 is 1.43 bits per heavy atom. The molecule has 0 unspecified atom stereocenters. The lowest BCUT2D eigenvalue weighted by molar-refractivity contribution is -0.116. The molecule has 2 rings (SSSR count). The van der Waals surface area contributed by atoms with Crippen LogP contribution in [-0.2, 0) is 4.79 Å². The minimum absolute atomic E-state index is 0.141. The van der Waals surface area contributed by atoms with Gasteiger partial charge in [-0.1, -0.05) is 25.6 Å². The Balaban J connectivity index is 2.06. The molecule has 0 bridgehead atoms. The third-order valence-corrected chi connectivity index (χ3v) is 3.78. The fraction of sp³-hybridized carbons (Fsp3) is 0.400. The zero-order chi connectivity index (χ0) is 16.8. The average Bonchev–Trinajstić information content (AvgIpc) is 2.89. The van der Waals surface area contributed by atoms with Gasteiger partial charge in [0.25, 0.3) is 0 Å². The van der Waals surface area contributed by atoms with E-state index in [-0.39, 0.29) is 11.7 Å². The van der Waals surface area contributed by atoms with E-state index in [2.05, 4.69) is 15.5 Å². The highest BCUT2D eigenvalue weighted by molar-refractivity contribution is 8.15. The van der Waals surface area contributed by atoms with E-state index in [0.717, 1.165) is 12.5 Å². The van der Waals surface area contributed by atoms with Crippen molar-refractivity contribution in [1.29, 1.82) is 0 Å². The van der Waals surface area contributed by atoms with Crippen molar-refractivity contribution in [2.75, 3.05) is 12.4 Å². The molecular weight excluding hydrogens is 324 g/mol. The first-order valence-electron chi connectivity index (χ1n) is 7.11. The molecule has 1 amide bonds. The van der Waals surface area contributed by atoms with Crippen LogP contribution >= 0.6 is 11.8 Å². The van der Waals surface area contributed by atoms with Crippen LogP contribution in [0.3, 0.4) is 0 Å². The van der Waals surface area contributed by atoms with Crippen LogP contribution in [0.4, 0.5) is 8.78 Å². The topological polar surface area (TPSA) is 63.1 Å². The molecule has 1 heterocycles. The zero-order valence-corrected chi connectivity index (χ0v) is 13.6. The lowest BCUT2D eigenvalue weighted by Gasteiger charge is -2.10. The third-order valence-electron chi connectivity index (χ3n) is 2.91. The van der Waals surface area contributed by atoms with Crippen molar-refractivity contribution in [1.82, 2.24) is 5.32 Å². The van der Waals surface area contributed by atoms with Crippen LogP contribution in [0, 0.1) is 17.6 Å². The molecule has 0 saturated carbocycles. The second-order valence-corrected chi connectivity index (χ2v) is 6.30. The Morgan fingerprint density at radius 2 is 2.22 bits per heavy atom.